The number of nitrogens with one attached hydrogen (secondary N) is 1. The van der Waals surface area contributed by atoms with Crippen LogP contribution in [0.3, 0.4) is 0 Å². The maximum atomic E-state index is 11.3. The van der Waals surface area contributed by atoms with Gasteiger partial charge in [0.2, 0.25) is 5.13 Å². The summed E-state index contributed by atoms with van der Waals surface area (Å²) in [4.78, 5) is 11.3. The number of aromatic nitrogens is 2. The third-order valence-electron chi connectivity index (χ3n) is 3.12. The van der Waals surface area contributed by atoms with Gasteiger partial charge in [-0.3, -0.25) is 4.79 Å². The van der Waals surface area contributed by atoms with E-state index in [2.05, 4.69) is 15.5 Å². The molecule has 2 N–H and O–H groups in total. The molecule has 0 unspecified atom stereocenters. The van der Waals surface area contributed by atoms with Crippen LogP contribution in [0.15, 0.2) is 0 Å². The SMILES string of the molecule is Cc1nnc(NCC2(C(=O)O)CCCC2)s1. The van der Waals surface area contributed by atoms with Crippen LogP contribution in [0, 0.1) is 12.3 Å². The summed E-state index contributed by atoms with van der Waals surface area (Å²) in [5.41, 5.74) is -0.598. The first-order valence-electron chi connectivity index (χ1n) is 5.40. The Morgan fingerprint density at radius 3 is 2.69 bits per heavy atom. The molecule has 1 aromatic heterocycles. The molecule has 2 rings (SSSR count). The zero-order valence-electron chi connectivity index (χ0n) is 9.19. The second kappa shape index (κ2) is 4.37. The van der Waals surface area contributed by atoms with Crippen molar-refractivity contribution in [2.45, 2.75) is 32.6 Å². The highest BCUT2D eigenvalue weighted by molar-refractivity contribution is 7.15. The highest BCUT2D eigenvalue weighted by atomic mass is 32.1. The predicted octanol–water partition coefficient (Wildman–Crippen LogP) is 1.90. The number of hydrogen-bond acceptors (Lipinski definition) is 5. The van der Waals surface area contributed by atoms with E-state index in [0.717, 1.165) is 30.7 Å². The summed E-state index contributed by atoms with van der Waals surface area (Å²) in [6.45, 7) is 2.34. The van der Waals surface area contributed by atoms with E-state index < -0.39 is 11.4 Å². The Hall–Kier alpha value is -1.17. The zero-order valence-corrected chi connectivity index (χ0v) is 10.0. The van der Waals surface area contributed by atoms with Gasteiger partial charge in [0.15, 0.2) is 0 Å². The predicted molar refractivity (Wildman–Crippen MR) is 61.7 cm³/mol. The first-order valence-corrected chi connectivity index (χ1v) is 6.21. The quantitative estimate of drug-likeness (QED) is 0.842. The van der Waals surface area contributed by atoms with Crippen molar-refractivity contribution in [2.75, 3.05) is 11.9 Å². The molecule has 0 aromatic carbocycles. The Labute approximate surface area is 97.9 Å². The van der Waals surface area contributed by atoms with Gasteiger partial charge in [0.1, 0.15) is 5.01 Å². The third kappa shape index (κ3) is 2.16. The minimum absolute atomic E-state index is 0.455. The van der Waals surface area contributed by atoms with Gasteiger partial charge in [-0.2, -0.15) is 0 Å². The molecule has 1 aromatic rings. The lowest BCUT2D eigenvalue weighted by Crippen LogP contribution is -2.35. The molecule has 0 atom stereocenters. The van der Waals surface area contributed by atoms with Crippen LogP contribution >= 0.6 is 11.3 Å². The fraction of sp³-hybridized carbons (Fsp3) is 0.700. The highest BCUT2D eigenvalue weighted by Gasteiger charge is 2.41. The average molecular weight is 241 g/mol. The van der Waals surface area contributed by atoms with Crippen molar-refractivity contribution in [3.63, 3.8) is 0 Å². The highest BCUT2D eigenvalue weighted by Crippen LogP contribution is 2.38. The van der Waals surface area contributed by atoms with Gasteiger partial charge in [0.25, 0.3) is 0 Å². The fourth-order valence-electron chi connectivity index (χ4n) is 2.13. The summed E-state index contributed by atoms with van der Waals surface area (Å²) in [6.07, 6.45) is 3.52. The van der Waals surface area contributed by atoms with Crippen molar-refractivity contribution in [1.82, 2.24) is 10.2 Å². The molecular formula is C10H15N3O2S. The van der Waals surface area contributed by atoms with Gasteiger partial charge >= 0.3 is 5.97 Å². The summed E-state index contributed by atoms with van der Waals surface area (Å²) < 4.78 is 0. The molecule has 1 fully saturated rings. The Balaban J connectivity index is 1.99. The monoisotopic (exact) mass is 241 g/mol. The van der Waals surface area contributed by atoms with E-state index in [1.165, 1.54) is 11.3 Å². The largest absolute Gasteiger partial charge is 0.481 e. The van der Waals surface area contributed by atoms with Crippen LogP contribution in [0.1, 0.15) is 30.7 Å². The second-order valence-electron chi connectivity index (χ2n) is 4.27. The van der Waals surface area contributed by atoms with Gasteiger partial charge in [-0.15, -0.1) is 10.2 Å². The molecule has 0 bridgehead atoms. The van der Waals surface area contributed by atoms with Crippen molar-refractivity contribution in [1.29, 1.82) is 0 Å². The van der Waals surface area contributed by atoms with Crippen LogP contribution in [0.4, 0.5) is 5.13 Å². The number of nitrogens with zero attached hydrogens (tertiary/aromatic N) is 2. The number of carbonyl (C=O) groups is 1. The Kier molecular flexibility index (Phi) is 3.09. The van der Waals surface area contributed by atoms with Gasteiger partial charge in [-0.1, -0.05) is 24.2 Å². The molecular weight excluding hydrogens is 226 g/mol. The van der Waals surface area contributed by atoms with Crippen molar-refractivity contribution in [3.8, 4) is 0 Å². The number of carboxylic acid groups (broad SMARTS) is 1. The summed E-state index contributed by atoms with van der Waals surface area (Å²) in [5.74, 6) is -0.696. The summed E-state index contributed by atoms with van der Waals surface area (Å²) in [5, 5.41) is 21.8. The number of rotatable bonds is 4. The van der Waals surface area contributed by atoms with Gasteiger partial charge in [-0.05, 0) is 19.8 Å². The van der Waals surface area contributed by atoms with Gasteiger partial charge in [-0.25, -0.2) is 0 Å². The zero-order chi connectivity index (χ0) is 11.6. The molecule has 1 aliphatic rings. The van der Waals surface area contributed by atoms with Gasteiger partial charge in [0.05, 0.1) is 5.41 Å². The Morgan fingerprint density at radius 2 is 2.19 bits per heavy atom. The fourth-order valence-corrected chi connectivity index (χ4v) is 2.72. The van der Waals surface area contributed by atoms with E-state index in [1.54, 1.807) is 0 Å². The molecule has 0 saturated heterocycles. The molecule has 5 nitrogen and oxygen atoms in total. The molecule has 88 valence electrons. The summed E-state index contributed by atoms with van der Waals surface area (Å²) in [7, 11) is 0. The molecule has 0 spiro atoms. The number of aliphatic carboxylic acids is 1. The summed E-state index contributed by atoms with van der Waals surface area (Å²) >= 11 is 1.46. The number of anilines is 1. The van der Waals surface area contributed by atoms with E-state index in [1.807, 2.05) is 6.92 Å². The van der Waals surface area contributed by atoms with E-state index in [9.17, 15) is 9.90 Å². The van der Waals surface area contributed by atoms with Crippen LogP contribution < -0.4 is 5.32 Å². The minimum atomic E-state index is -0.696. The van der Waals surface area contributed by atoms with Crippen LogP contribution in [-0.4, -0.2) is 27.8 Å². The summed E-state index contributed by atoms with van der Waals surface area (Å²) in [6, 6.07) is 0. The van der Waals surface area contributed by atoms with Crippen LogP contribution in [0.25, 0.3) is 0 Å². The van der Waals surface area contributed by atoms with Crippen LogP contribution in [-0.2, 0) is 4.79 Å². The van der Waals surface area contributed by atoms with E-state index in [4.69, 9.17) is 0 Å². The van der Waals surface area contributed by atoms with Crippen LogP contribution in [0.5, 0.6) is 0 Å². The molecule has 1 aliphatic carbocycles. The average Bonchev–Trinajstić information content (AvgIpc) is 2.84. The van der Waals surface area contributed by atoms with Crippen molar-refractivity contribution >= 4 is 22.4 Å². The maximum absolute atomic E-state index is 11.3. The standard InChI is InChI=1S/C10H15N3O2S/c1-7-12-13-9(16-7)11-6-10(8(14)15)4-2-3-5-10/h2-6H2,1H3,(H,11,13)(H,14,15). The molecule has 0 amide bonds. The van der Waals surface area contributed by atoms with E-state index in [0.29, 0.717) is 11.7 Å². The van der Waals surface area contributed by atoms with Crippen molar-refractivity contribution in [3.05, 3.63) is 5.01 Å². The lowest BCUT2D eigenvalue weighted by molar-refractivity contribution is -0.147. The lowest BCUT2D eigenvalue weighted by Gasteiger charge is -2.23. The van der Waals surface area contributed by atoms with Crippen molar-refractivity contribution in [2.24, 2.45) is 5.41 Å². The second-order valence-corrected chi connectivity index (χ2v) is 5.45. The topological polar surface area (TPSA) is 75.1 Å². The van der Waals surface area contributed by atoms with Crippen molar-refractivity contribution < 1.29 is 9.90 Å². The number of carboxylic acids is 1. The first kappa shape index (κ1) is 11.3. The minimum Gasteiger partial charge on any atom is -0.481 e. The van der Waals surface area contributed by atoms with Gasteiger partial charge in [0, 0.05) is 6.54 Å². The molecule has 0 radical (unpaired) electrons. The Morgan fingerprint density at radius 1 is 1.50 bits per heavy atom. The Bertz CT molecular complexity index is 385. The normalized spacial score (nSPS) is 18.6. The number of aryl methyl sites for hydroxylation is 1. The van der Waals surface area contributed by atoms with Gasteiger partial charge < -0.3 is 10.4 Å². The molecule has 6 heteroatoms. The smallest absolute Gasteiger partial charge is 0.311 e. The molecule has 1 heterocycles. The van der Waals surface area contributed by atoms with Crippen LogP contribution in [0.2, 0.25) is 0 Å². The third-order valence-corrected chi connectivity index (χ3v) is 3.91. The molecule has 16 heavy (non-hydrogen) atoms. The molecule has 1 saturated carbocycles. The van der Waals surface area contributed by atoms with E-state index >= 15 is 0 Å². The first-order chi connectivity index (χ1) is 7.62. The molecule has 0 aliphatic heterocycles. The maximum Gasteiger partial charge on any atom is 0.311 e. The number of hydrogen-bond donors (Lipinski definition) is 2. The van der Waals surface area contributed by atoms with E-state index in [-0.39, 0.29) is 0 Å². The lowest BCUT2D eigenvalue weighted by atomic mass is 9.86.